The lowest BCUT2D eigenvalue weighted by atomic mass is 9.78. The Hall–Kier alpha value is -2.11. The molecule has 1 N–H and O–H groups in total. The minimum atomic E-state index is -0.393. The first-order chi connectivity index (χ1) is 11.3. The fraction of sp³-hybridized carbons (Fsp3) is 0.316. The van der Waals surface area contributed by atoms with E-state index in [0.717, 1.165) is 16.6 Å². The van der Waals surface area contributed by atoms with E-state index >= 15 is 0 Å². The second kappa shape index (κ2) is 6.08. The smallest absolute Gasteiger partial charge is 0.410 e. The predicted molar refractivity (Wildman–Crippen MR) is 96.0 cm³/mol. The summed E-state index contributed by atoms with van der Waals surface area (Å²) in [6.45, 7) is 8.14. The SMILES string of the molecule is CC1(C)OB(c2ccc(/C(=N/O)c3ccccc3)cc2)OC1(C)C. The highest BCUT2D eigenvalue weighted by Crippen LogP contribution is 2.36. The van der Waals surface area contributed by atoms with Crippen LogP contribution in [0.3, 0.4) is 0 Å². The van der Waals surface area contributed by atoms with Crippen molar-refractivity contribution in [2.75, 3.05) is 0 Å². The predicted octanol–water partition coefficient (Wildman–Crippen LogP) is 3.21. The van der Waals surface area contributed by atoms with Gasteiger partial charge in [-0.3, -0.25) is 0 Å². The molecule has 24 heavy (non-hydrogen) atoms. The molecule has 0 unspecified atom stereocenters. The summed E-state index contributed by atoms with van der Waals surface area (Å²) in [4.78, 5) is 0. The van der Waals surface area contributed by atoms with Crippen LogP contribution in [0.2, 0.25) is 0 Å². The fourth-order valence-electron chi connectivity index (χ4n) is 2.66. The Morgan fingerprint density at radius 1 is 0.833 bits per heavy atom. The first kappa shape index (κ1) is 16.7. The zero-order valence-corrected chi connectivity index (χ0v) is 14.5. The number of hydrogen-bond donors (Lipinski definition) is 1. The lowest BCUT2D eigenvalue weighted by molar-refractivity contribution is 0.00578. The van der Waals surface area contributed by atoms with Gasteiger partial charge in [-0.05, 0) is 33.2 Å². The number of oxime groups is 1. The molecular formula is C19H22BNO3. The lowest BCUT2D eigenvalue weighted by Crippen LogP contribution is -2.41. The van der Waals surface area contributed by atoms with E-state index < -0.39 is 7.12 Å². The van der Waals surface area contributed by atoms with Crippen LogP contribution >= 0.6 is 0 Å². The van der Waals surface area contributed by atoms with Crippen LogP contribution in [0.25, 0.3) is 0 Å². The number of nitrogens with zero attached hydrogens (tertiary/aromatic N) is 1. The molecule has 0 aliphatic carbocycles. The number of benzene rings is 2. The molecule has 3 rings (SSSR count). The van der Waals surface area contributed by atoms with Crippen LogP contribution in [0.4, 0.5) is 0 Å². The zero-order valence-electron chi connectivity index (χ0n) is 14.5. The van der Waals surface area contributed by atoms with E-state index in [-0.39, 0.29) is 11.2 Å². The van der Waals surface area contributed by atoms with Gasteiger partial charge in [0.15, 0.2) is 0 Å². The summed E-state index contributed by atoms with van der Waals surface area (Å²) >= 11 is 0. The quantitative estimate of drug-likeness (QED) is 0.408. The molecule has 0 bridgehead atoms. The van der Waals surface area contributed by atoms with Gasteiger partial charge in [-0.1, -0.05) is 59.8 Å². The highest BCUT2D eigenvalue weighted by Gasteiger charge is 2.51. The standard InChI is InChI=1S/C19H22BNO3/c1-18(2)19(3,4)24-20(23-18)16-12-10-15(11-13-16)17(21-22)14-8-6-5-7-9-14/h5-13,22H,1-4H3/b21-17+. The normalized spacial score (nSPS) is 19.5. The highest BCUT2D eigenvalue weighted by atomic mass is 16.7. The van der Waals surface area contributed by atoms with Crippen molar-refractivity contribution in [2.45, 2.75) is 38.9 Å². The summed E-state index contributed by atoms with van der Waals surface area (Å²) in [6, 6.07) is 17.3. The van der Waals surface area contributed by atoms with E-state index in [0.29, 0.717) is 5.71 Å². The molecule has 0 amide bonds. The molecule has 1 aliphatic rings. The second-order valence-corrected chi connectivity index (χ2v) is 7.02. The van der Waals surface area contributed by atoms with Crippen LogP contribution in [0.1, 0.15) is 38.8 Å². The maximum absolute atomic E-state index is 9.39. The van der Waals surface area contributed by atoms with E-state index in [4.69, 9.17) is 9.31 Å². The van der Waals surface area contributed by atoms with E-state index in [1.165, 1.54) is 0 Å². The Kier molecular flexibility index (Phi) is 4.24. The maximum atomic E-state index is 9.39. The topological polar surface area (TPSA) is 51.0 Å². The molecule has 1 heterocycles. The third kappa shape index (κ3) is 2.97. The minimum Gasteiger partial charge on any atom is -0.410 e. The average molecular weight is 323 g/mol. The van der Waals surface area contributed by atoms with Crippen LogP contribution in [-0.2, 0) is 9.31 Å². The Labute approximate surface area is 143 Å². The van der Waals surface area contributed by atoms with Gasteiger partial charge in [0, 0.05) is 11.1 Å². The molecule has 2 aromatic rings. The molecule has 4 nitrogen and oxygen atoms in total. The number of rotatable bonds is 3. The molecule has 1 aliphatic heterocycles. The van der Waals surface area contributed by atoms with Crippen LogP contribution < -0.4 is 5.46 Å². The Bertz CT molecular complexity index is 723. The second-order valence-electron chi connectivity index (χ2n) is 7.02. The molecule has 0 spiro atoms. The van der Waals surface area contributed by atoms with Gasteiger partial charge in [-0.15, -0.1) is 0 Å². The van der Waals surface area contributed by atoms with Gasteiger partial charge in [-0.25, -0.2) is 0 Å². The summed E-state index contributed by atoms with van der Waals surface area (Å²) in [7, 11) is -0.393. The van der Waals surface area contributed by atoms with E-state index in [2.05, 4.69) is 5.16 Å². The van der Waals surface area contributed by atoms with Crippen LogP contribution in [0.15, 0.2) is 59.8 Å². The van der Waals surface area contributed by atoms with Gasteiger partial charge in [0.2, 0.25) is 0 Å². The van der Waals surface area contributed by atoms with Gasteiger partial charge in [0.05, 0.1) is 11.2 Å². The van der Waals surface area contributed by atoms with Gasteiger partial charge in [0.25, 0.3) is 0 Å². The summed E-state index contributed by atoms with van der Waals surface area (Å²) < 4.78 is 12.1. The van der Waals surface area contributed by atoms with Crippen molar-refractivity contribution in [3.8, 4) is 0 Å². The largest absolute Gasteiger partial charge is 0.494 e. The molecular weight excluding hydrogens is 301 g/mol. The van der Waals surface area contributed by atoms with Crippen molar-refractivity contribution in [2.24, 2.45) is 5.16 Å². The Balaban J connectivity index is 1.84. The van der Waals surface area contributed by atoms with Crippen molar-refractivity contribution < 1.29 is 14.5 Å². The van der Waals surface area contributed by atoms with Crippen molar-refractivity contribution in [3.63, 3.8) is 0 Å². The van der Waals surface area contributed by atoms with Crippen molar-refractivity contribution >= 4 is 18.3 Å². The third-order valence-corrected chi connectivity index (χ3v) is 4.86. The summed E-state index contributed by atoms with van der Waals surface area (Å²) in [5.41, 5.74) is 2.46. The first-order valence-electron chi connectivity index (χ1n) is 8.07. The monoisotopic (exact) mass is 323 g/mol. The highest BCUT2D eigenvalue weighted by molar-refractivity contribution is 6.62. The first-order valence-corrected chi connectivity index (χ1v) is 8.07. The van der Waals surface area contributed by atoms with Crippen LogP contribution in [0.5, 0.6) is 0 Å². The van der Waals surface area contributed by atoms with Gasteiger partial charge in [0.1, 0.15) is 5.71 Å². The molecule has 1 fully saturated rings. The molecule has 0 saturated carbocycles. The lowest BCUT2D eigenvalue weighted by Gasteiger charge is -2.32. The van der Waals surface area contributed by atoms with Crippen molar-refractivity contribution in [1.29, 1.82) is 0 Å². The van der Waals surface area contributed by atoms with Gasteiger partial charge < -0.3 is 14.5 Å². The molecule has 0 aromatic heterocycles. The summed E-state index contributed by atoms with van der Waals surface area (Å²) in [5.74, 6) is 0. The van der Waals surface area contributed by atoms with Crippen molar-refractivity contribution in [1.82, 2.24) is 0 Å². The molecule has 5 heteroatoms. The maximum Gasteiger partial charge on any atom is 0.494 e. The average Bonchev–Trinajstić information content (AvgIpc) is 2.78. The third-order valence-electron chi connectivity index (χ3n) is 4.86. The van der Waals surface area contributed by atoms with Gasteiger partial charge in [-0.2, -0.15) is 0 Å². The van der Waals surface area contributed by atoms with Crippen molar-refractivity contribution in [3.05, 3.63) is 65.7 Å². The summed E-state index contributed by atoms with van der Waals surface area (Å²) in [6.07, 6.45) is 0. The van der Waals surface area contributed by atoms with Crippen LogP contribution in [-0.4, -0.2) is 29.2 Å². The molecule has 0 atom stereocenters. The molecule has 124 valence electrons. The fourth-order valence-corrected chi connectivity index (χ4v) is 2.66. The molecule has 0 radical (unpaired) electrons. The van der Waals surface area contributed by atoms with E-state index in [1.54, 1.807) is 0 Å². The zero-order chi connectivity index (χ0) is 17.4. The molecule has 1 saturated heterocycles. The molecule has 2 aromatic carbocycles. The van der Waals surface area contributed by atoms with E-state index in [9.17, 15) is 5.21 Å². The van der Waals surface area contributed by atoms with Crippen LogP contribution in [0, 0.1) is 0 Å². The Morgan fingerprint density at radius 3 is 1.83 bits per heavy atom. The van der Waals surface area contributed by atoms with E-state index in [1.807, 2.05) is 82.3 Å². The summed E-state index contributed by atoms with van der Waals surface area (Å²) in [5, 5.41) is 12.8. The minimum absolute atomic E-state index is 0.363. The Morgan fingerprint density at radius 2 is 1.33 bits per heavy atom. The number of hydrogen-bond acceptors (Lipinski definition) is 4. The van der Waals surface area contributed by atoms with Gasteiger partial charge >= 0.3 is 7.12 Å².